The van der Waals surface area contributed by atoms with Crippen molar-refractivity contribution in [2.45, 2.75) is 12.0 Å². The predicted octanol–water partition coefficient (Wildman–Crippen LogP) is 0.397. The molecule has 0 heterocycles. The molecule has 0 aromatic carbocycles. The second kappa shape index (κ2) is 3.87. The number of carbonyl (C=O) groups is 1. The number of rotatable bonds is 4. The Kier molecular flexibility index (Phi) is 3.74. The SMILES string of the molecule is CSCC(F)C(N)(F)C(=O)O. The lowest BCUT2D eigenvalue weighted by atomic mass is 10.2. The molecular weight excluding hydrogens is 176 g/mol. The van der Waals surface area contributed by atoms with Crippen molar-refractivity contribution in [3.8, 4) is 0 Å². The molecule has 0 saturated carbocycles. The number of thioether (sulfide) groups is 1. The first-order valence-corrected chi connectivity index (χ1v) is 4.16. The fourth-order valence-corrected chi connectivity index (χ4v) is 0.937. The van der Waals surface area contributed by atoms with E-state index in [0.29, 0.717) is 0 Å². The van der Waals surface area contributed by atoms with E-state index in [1.165, 1.54) is 6.26 Å². The van der Waals surface area contributed by atoms with E-state index in [1.54, 1.807) is 0 Å². The minimum atomic E-state index is -3.26. The molecule has 0 spiro atoms. The fourth-order valence-electron chi connectivity index (χ4n) is 0.402. The molecule has 2 unspecified atom stereocenters. The molecule has 0 fully saturated rings. The second-order valence-electron chi connectivity index (χ2n) is 2.00. The number of carboxylic acid groups (broad SMARTS) is 1. The third kappa shape index (κ3) is 2.63. The van der Waals surface area contributed by atoms with Crippen LogP contribution in [0.25, 0.3) is 0 Å². The molecule has 0 radical (unpaired) electrons. The molecule has 0 aliphatic rings. The van der Waals surface area contributed by atoms with E-state index in [9.17, 15) is 13.6 Å². The van der Waals surface area contributed by atoms with Gasteiger partial charge in [-0.25, -0.2) is 13.6 Å². The van der Waals surface area contributed by atoms with Crippen LogP contribution in [0.1, 0.15) is 0 Å². The van der Waals surface area contributed by atoms with Gasteiger partial charge in [-0.3, -0.25) is 5.73 Å². The third-order valence-electron chi connectivity index (χ3n) is 1.10. The van der Waals surface area contributed by atoms with Gasteiger partial charge in [-0.1, -0.05) is 0 Å². The highest BCUT2D eigenvalue weighted by Crippen LogP contribution is 2.16. The Morgan fingerprint density at radius 2 is 2.36 bits per heavy atom. The van der Waals surface area contributed by atoms with Crippen LogP contribution in [-0.4, -0.2) is 35.0 Å². The predicted molar refractivity (Wildman–Crippen MR) is 38.9 cm³/mol. The molecular formula is C5H9F2NO2S. The van der Waals surface area contributed by atoms with Crippen molar-refractivity contribution < 1.29 is 18.7 Å². The van der Waals surface area contributed by atoms with E-state index in [1.807, 2.05) is 0 Å². The van der Waals surface area contributed by atoms with E-state index in [-0.39, 0.29) is 5.75 Å². The lowest BCUT2D eigenvalue weighted by Gasteiger charge is -2.18. The van der Waals surface area contributed by atoms with E-state index in [2.05, 4.69) is 5.73 Å². The van der Waals surface area contributed by atoms with E-state index in [0.717, 1.165) is 11.8 Å². The molecule has 0 aliphatic heterocycles. The number of aliphatic carboxylic acids is 1. The minimum absolute atomic E-state index is 0.265. The molecule has 0 amide bonds. The maximum Gasteiger partial charge on any atom is 0.359 e. The van der Waals surface area contributed by atoms with Gasteiger partial charge in [0.05, 0.1) is 0 Å². The van der Waals surface area contributed by atoms with Crippen LogP contribution in [0, 0.1) is 0 Å². The second-order valence-corrected chi connectivity index (χ2v) is 2.91. The third-order valence-corrected chi connectivity index (χ3v) is 1.72. The van der Waals surface area contributed by atoms with E-state index >= 15 is 0 Å². The Morgan fingerprint density at radius 1 is 1.91 bits per heavy atom. The quantitative estimate of drug-likeness (QED) is 0.622. The van der Waals surface area contributed by atoms with Gasteiger partial charge in [0.25, 0.3) is 5.79 Å². The van der Waals surface area contributed by atoms with Gasteiger partial charge in [-0.15, -0.1) is 0 Å². The average Bonchev–Trinajstić information content (AvgIpc) is 1.88. The van der Waals surface area contributed by atoms with Crippen molar-refractivity contribution in [2.24, 2.45) is 5.73 Å². The molecule has 0 saturated heterocycles. The molecule has 0 rings (SSSR count). The molecule has 0 aromatic rings. The van der Waals surface area contributed by atoms with Crippen LogP contribution in [0.2, 0.25) is 0 Å². The Hall–Kier alpha value is -0.360. The molecule has 6 heteroatoms. The monoisotopic (exact) mass is 185 g/mol. The van der Waals surface area contributed by atoms with Crippen molar-refractivity contribution in [2.75, 3.05) is 12.0 Å². The highest BCUT2D eigenvalue weighted by molar-refractivity contribution is 7.98. The number of carboxylic acids is 1. The van der Waals surface area contributed by atoms with Gasteiger partial charge in [-0.05, 0) is 6.26 Å². The number of halogens is 2. The van der Waals surface area contributed by atoms with Crippen LogP contribution < -0.4 is 5.73 Å². The normalized spacial score (nSPS) is 18.9. The van der Waals surface area contributed by atoms with Crippen molar-refractivity contribution in [3.05, 3.63) is 0 Å². The lowest BCUT2D eigenvalue weighted by Crippen LogP contribution is -2.52. The van der Waals surface area contributed by atoms with Gasteiger partial charge in [-0.2, -0.15) is 11.8 Å². The zero-order valence-electron chi connectivity index (χ0n) is 5.88. The summed E-state index contributed by atoms with van der Waals surface area (Å²) in [5, 5.41) is 8.09. The van der Waals surface area contributed by atoms with Crippen molar-refractivity contribution >= 4 is 17.7 Å². The summed E-state index contributed by atoms with van der Waals surface area (Å²) in [7, 11) is 0. The number of nitrogens with two attached hydrogens (primary N) is 1. The molecule has 11 heavy (non-hydrogen) atoms. The van der Waals surface area contributed by atoms with E-state index in [4.69, 9.17) is 5.11 Å². The molecule has 0 aromatic heterocycles. The molecule has 0 aliphatic carbocycles. The largest absolute Gasteiger partial charge is 0.478 e. The maximum atomic E-state index is 12.6. The van der Waals surface area contributed by atoms with Crippen molar-refractivity contribution in [1.29, 1.82) is 0 Å². The van der Waals surface area contributed by atoms with Gasteiger partial charge in [0, 0.05) is 5.75 Å². The first kappa shape index (κ1) is 10.6. The Labute approximate surface area is 66.9 Å². The van der Waals surface area contributed by atoms with Gasteiger partial charge in [0.2, 0.25) is 0 Å². The van der Waals surface area contributed by atoms with Gasteiger partial charge in [0.15, 0.2) is 6.17 Å². The van der Waals surface area contributed by atoms with Crippen LogP contribution >= 0.6 is 11.8 Å². The minimum Gasteiger partial charge on any atom is -0.478 e. The summed E-state index contributed by atoms with van der Waals surface area (Å²) < 4.78 is 25.1. The number of hydrogen-bond acceptors (Lipinski definition) is 3. The van der Waals surface area contributed by atoms with Gasteiger partial charge >= 0.3 is 5.97 Å². The van der Waals surface area contributed by atoms with Gasteiger partial charge < -0.3 is 5.11 Å². The summed E-state index contributed by atoms with van der Waals surface area (Å²) in [4.78, 5) is 9.99. The summed E-state index contributed by atoms with van der Waals surface area (Å²) in [6, 6.07) is 0. The Bertz CT molecular complexity index is 153. The smallest absolute Gasteiger partial charge is 0.359 e. The zero-order valence-corrected chi connectivity index (χ0v) is 6.70. The van der Waals surface area contributed by atoms with Crippen molar-refractivity contribution in [1.82, 2.24) is 0 Å². The Balaban J connectivity index is 4.17. The van der Waals surface area contributed by atoms with E-state index < -0.39 is 17.9 Å². The molecule has 3 N–H and O–H groups in total. The van der Waals surface area contributed by atoms with Crippen molar-refractivity contribution in [3.63, 3.8) is 0 Å². The first-order chi connectivity index (χ1) is 4.92. The summed E-state index contributed by atoms with van der Waals surface area (Å²) in [5.41, 5.74) is 4.53. The Morgan fingerprint density at radius 3 is 2.64 bits per heavy atom. The summed E-state index contributed by atoms with van der Waals surface area (Å²) in [6.07, 6.45) is -0.639. The molecule has 3 nitrogen and oxygen atoms in total. The van der Waals surface area contributed by atoms with Crippen LogP contribution in [0.15, 0.2) is 0 Å². The van der Waals surface area contributed by atoms with Crippen LogP contribution in [-0.2, 0) is 4.79 Å². The topological polar surface area (TPSA) is 63.3 Å². The van der Waals surface area contributed by atoms with Crippen LogP contribution in [0.3, 0.4) is 0 Å². The van der Waals surface area contributed by atoms with Gasteiger partial charge in [0.1, 0.15) is 0 Å². The first-order valence-electron chi connectivity index (χ1n) is 2.77. The average molecular weight is 185 g/mol. The maximum absolute atomic E-state index is 12.6. The highest BCUT2D eigenvalue weighted by Gasteiger charge is 2.43. The zero-order chi connectivity index (χ0) is 9.07. The van der Waals surface area contributed by atoms with Crippen LogP contribution in [0.4, 0.5) is 8.78 Å². The molecule has 2 atom stereocenters. The van der Waals surface area contributed by atoms with Crippen LogP contribution in [0.5, 0.6) is 0 Å². The summed E-state index contributed by atoms with van der Waals surface area (Å²) in [6.45, 7) is 0. The summed E-state index contributed by atoms with van der Waals surface area (Å²) in [5.74, 6) is -5.50. The molecule has 0 bridgehead atoms. The summed E-state index contributed by atoms with van der Waals surface area (Å²) >= 11 is 0.996. The standard InChI is InChI=1S/C5H9F2NO2S/c1-11-2-3(6)5(7,8)4(9)10/h3H,2,8H2,1H3,(H,9,10). The number of hydrogen-bond donors (Lipinski definition) is 2. The lowest BCUT2D eigenvalue weighted by molar-refractivity contribution is -0.154. The fraction of sp³-hybridized carbons (Fsp3) is 0.800. The highest BCUT2D eigenvalue weighted by atomic mass is 32.2. The molecule has 66 valence electrons. The number of alkyl halides is 2.